The summed E-state index contributed by atoms with van der Waals surface area (Å²) in [6.07, 6.45) is 9.60. The lowest BCUT2D eigenvalue weighted by atomic mass is 10.00. The third kappa shape index (κ3) is 5.28. The van der Waals surface area contributed by atoms with E-state index in [4.69, 9.17) is 0 Å². The van der Waals surface area contributed by atoms with E-state index in [1.807, 2.05) is 18.6 Å². The van der Waals surface area contributed by atoms with Crippen LogP contribution in [0.25, 0.3) is 10.2 Å². The predicted octanol–water partition coefficient (Wildman–Crippen LogP) is 3.92. The van der Waals surface area contributed by atoms with E-state index in [0.717, 1.165) is 51.6 Å². The molecule has 0 radical (unpaired) electrons. The smallest absolute Gasteiger partial charge is 0.240 e. The average Bonchev–Trinajstić information content (AvgIpc) is 3.13. The molecule has 0 amide bonds. The Morgan fingerprint density at radius 2 is 1.89 bits per heavy atom. The van der Waals surface area contributed by atoms with Gasteiger partial charge >= 0.3 is 0 Å². The van der Waals surface area contributed by atoms with Crippen molar-refractivity contribution in [2.24, 2.45) is 5.92 Å². The Bertz CT molecular complexity index is 1030. The van der Waals surface area contributed by atoms with Crippen molar-refractivity contribution in [2.45, 2.75) is 42.4 Å². The molecular weight excluding hydrogens is 412 g/mol. The van der Waals surface area contributed by atoms with Crippen LogP contribution in [-0.4, -0.2) is 36.7 Å². The number of aryl methyl sites for hydroxylation is 2. The molecule has 2 heterocycles. The summed E-state index contributed by atoms with van der Waals surface area (Å²) in [6.45, 7) is 2.24. The van der Waals surface area contributed by atoms with E-state index in [1.165, 1.54) is 7.05 Å². The Morgan fingerprint density at radius 3 is 2.57 bits per heavy atom. The summed E-state index contributed by atoms with van der Waals surface area (Å²) in [5.74, 6) is 1.43. The van der Waals surface area contributed by atoms with Gasteiger partial charge in [-0.2, -0.15) is 0 Å². The van der Waals surface area contributed by atoms with Gasteiger partial charge in [-0.15, -0.1) is 23.1 Å². The number of hydrogen-bond donors (Lipinski definition) is 1. The van der Waals surface area contributed by atoms with E-state index in [2.05, 4.69) is 26.6 Å². The van der Waals surface area contributed by atoms with Gasteiger partial charge in [0.05, 0.1) is 20.1 Å². The molecule has 2 aromatic heterocycles. The van der Waals surface area contributed by atoms with Crippen LogP contribution in [0, 0.1) is 5.92 Å². The van der Waals surface area contributed by atoms with E-state index >= 15 is 0 Å². The molecule has 0 bridgehead atoms. The lowest BCUT2D eigenvalue weighted by Crippen LogP contribution is -2.18. The van der Waals surface area contributed by atoms with Gasteiger partial charge in [-0.05, 0) is 56.7 Å². The maximum Gasteiger partial charge on any atom is 0.240 e. The molecule has 3 rings (SSSR count). The van der Waals surface area contributed by atoms with Crippen molar-refractivity contribution in [2.75, 3.05) is 13.3 Å². The normalized spacial score (nSPS) is 13.1. The minimum Gasteiger partial charge on any atom is -0.241 e. The zero-order valence-corrected chi connectivity index (χ0v) is 18.6. The minimum absolute atomic E-state index is 0.276. The molecule has 3 aromatic rings. The highest BCUT2D eigenvalue weighted by atomic mass is 32.2. The molecule has 0 spiro atoms. The van der Waals surface area contributed by atoms with E-state index in [9.17, 15) is 8.42 Å². The van der Waals surface area contributed by atoms with Gasteiger partial charge in [-0.3, -0.25) is 0 Å². The number of nitrogens with zero attached hydrogens (tertiary/aromatic N) is 3. The zero-order chi connectivity index (χ0) is 20.1. The molecular formula is C19H24N4O2S3. The van der Waals surface area contributed by atoms with Crippen molar-refractivity contribution in [1.82, 2.24) is 19.7 Å². The number of thiazole rings is 1. The van der Waals surface area contributed by atoms with Crippen molar-refractivity contribution >= 4 is 43.3 Å². The summed E-state index contributed by atoms with van der Waals surface area (Å²) in [6, 6.07) is 5.07. The molecule has 1 aromatic carbocycles. The van der Waals surface area contributed by atoms with Gasteiger partial charge in [0, 0.05) is 23.7 Å². The maximum absolute atomic E-state index is 12.0. The molecule has 28 heavy (non-hydrogen) atoms. The maximum atomic E-state index is 12.0. The lowest BCUT2D eigenvalue weighted by molar-refractivity contribution is 0.486. The summed E-state index contributed by atoms with van der Waals surface area (Å²) < 4.78 is 27.2. The Kier molecular flexibility index (Phi) is 7.03. The van der Waals surface area contributed by atoms with Crippen LogP contribution >= 0.6 is 23.1 Å². The van der Waals surface area contributed by atoms with Crippen LogP contribution in [-0.2, 0) is 22.9 Å². The van der Waals surface area contributed by atoms with Crippen LogP contribution in [0.4, 0.5) is 0 Å². The molecule has 1 N–H and O–H groups in total. The van der Waals surface area contributed by atoms with Gasteiger partial charge in [-0.1, -0.05) is 6.92 Å². The van der Waals surface area contributed by atoms with Gasteiger partial charge in [0.1, 0.15) is 5.82 Å². The molecule has 0 saturated heterocycles. The molecule has 1 unspecified atom stereocenters. The predicted molar refractivity (Wildman–Crippen MR) is 115 cm³/mol. The molecule has 0 aliphatic carbocycles. The quantitative estimate of drug-likeness (QED) is 0.512. The molecule has 6 nitrogen and oxygen atoms in total. The van der Waals surface area contributed by atoms with Crippen molar-refractivity contribution in [1.29, 1.82) is 0 Å². The molecule has 0 aliphatic rings. The third-order valence-corrected chi connectivity index (χ3v) is 7.78. The second-order valence-electron chi connectivity index (χ2n) is 6.67. The second-order valence-corrected chi connectivity index (χ2v) is 10.5. The molecule has 9 heteroatoms. The summed E-state index contributed by atoms with van der Waals surface area (Å²) in [7, 11) is -2.01. The zero-order valence-electron chi connectivity index (χ0n) is 16.2. The summed E-state index contributed by atoms with van der Waals surface area (Å²) in [5, 5.41) is 1.04. The molecule has 1 atom stereocenters. The molecule has 0 fully saturated rings. The van der Waals surface area contributed by atoms with Crippen molar-refractivity contribution in [3.8, 4) is 0 Å². The fraction of sp³-hybridized carbons (Fsp3) is 0.421. The van der Waals surface area contributed by atoms with E-state index in [1.54, 1.807) is 41.3 Å². The highest BCUT2D eigenvalue weighted by Crippen LogP contribution is 2.27. The average molecular weight is 437 g/mol. The van der Waals surface area contributed by atoms with Gasteiger partial charge in [-0.25, -0.2) is 28.1 Å². The monoisotopic (exact) mass is 436 g/mol. The number of benzene rings is 1. The number of hydrogen-bond acceptors (Lipinski definition) is 7. The first-order chi connectivity index (χ1) is 13.4. The van der Waals surface area contributed by atoms with E-state index in [-0.39, 0.29) is 4.90 Å². The number of nitrogens with one attached hydrogen (secondary N) is 1. The van der Waals surface area contributed by atoms with Gasteiger partial charge in [0.15, 0.2) is 0 Å². The summed E-state index contributed by atoms with van der Waals surface area (Å²) in [4.78, 5) is 14.8. The number of rotatable bonds is 9. The van der Waals surface area contributed by atoms with Gasteiger partial charge in [0.25, 0.3) is 0 Å². The third-order valence-electron chi connectivity index (χ3n) is 4.61. The second kappa shape index (κ2) is 9.30. The van der Waals surface area contributed by atoms with E-state index < -0.39 is 10.0 Å². The highest BCUT2D eigenvalue weighted by molar-refractivity contribution is 7.98. The standard InChI is InChI=1S/C19H24N4O2S3/c1-13(4-8-18-21-11-14(26-3)12-22-18)5-9-19-23-16-7-6-15(10-17(16)27-19)28(24,25)20-2/h6-7,10-13,20H,4-5,8-9H2,1-3H3. The van der Waals surface area contributed by atoms with Gasteiger partial charge in [0.2, 0.25) is 10.0 Å². The first-order valence-electron chi connectivity index (χ1n) is 9.09. The van der Waals surface area contributed by atoms with Crippen molar-refractivity contribution < 1.29 is 8.42 Å². The van der Waals surface area contributed by atoms with Crippen LogP contribution in [0.15, 0.2) is 40.4 Å². The fourth-order valence-corrected chi connectivity index (χ4v) is 4.98. The number of sulfonamides is 1. The van der Waals surface area contributed by atoms with Crippen LogP contribution in [0.2, 0.25) is 0 Å². The Labute approximate surface area is 174 Å². The van der Waals surface area contributed by atoms with Crippen LogP contribution < -0.4 is 4.72 Å². The largest absolute Gasteiger partial charge is 0.241 e. The topological polar surface area (TPSA) is 84.8 Å². The molecule has 150 valence electrons. The molecule has 0 aliphatic heterocycles. The first kappa shape index (κ1) is 21.2. The number of aromatic nitrogens is 3. The SMILES string of the molecule is CNS(=O)(=O)c1ccc2nc(CCC(C)CCc3ncc(SC)cn3)sc2c1. The number of thioether (sulfide) groups is 1. The Morgan fingerprint density at radius 1 is 1.18 bits per heavy atom. The molecule has 0 saturated carbocycles. The van der Waals surface area contributed by atoms with E-state index in [0.29, 0.717) is 5.92 Å². The summed E-state index contributed by atoms with van der Waals surface area (Å²) in [5.41, 5.74) is 0.852. The van der Waals surface area contributed by atoms with Crippen LogP contribution in [0.5, 0.6) is 0 Å². The van der Waals surface area contributed by atoms with Crippen molar-refractivity contribution in [3.05, 3.63) is 41.4 Å². The lowest BCUT2D eigenvalue weighted by Gasteiger charge is -2.09. The Balaban J connectivity index is 1.56. The highest BCUT2D eigenvalue weighted by Gasteiger charge is 2.14. The Hall–Kier alpha value is -1.55. The fourth-order valence-electron chi connectivity index (χ4n) is 2.81. The number of fused-ring (bicyclic) bond motifs is 1. The van der Waals surface area contributed by atoms with Crippen molar-refractivity contribution in [3.63, 3.8) is 0 Å². The minimum atomic E-state index is -3.43. The van der Waals surface area contributed by atoms with Crippen LogP contribution in [0.3, 0.4) is 0 Å². The first-order valence-corrected chi connectivity index (χ1v) is 12.6. The van der Waals surface area contributed by atoms with Gasteiger partial charge < -0.3 is 0 Å². The summed E-state index contributed by atoms with van der Waals surface area (Å²) >= 11 is 3.21. The van der Waals surface area contributed by atoms with Crippen LogP contribution in [0.1, 0.15) is 30.6 Å².